The van der Waals surface area contributed by atoms with E-state index in [2.05, 4.69) is 47.8 Å². The van der Waals surface area contributed by atoms with Gasteiger partial charge < -0.3 is 9.84 Å². The molecule has 0 aliphatic heterocycles. The quantitative estimate of drug-likeness (QED) is 0.774. The summed E-state index contributed by atoms with van der Waals surface area (Å²) in [5, 5.41) is 9.34. The Morgan fingerprint density at radius 1 is 1.25 bits per heavy atom. The molecule has 0 spiro atoms. The Balaban J connectivity index is 3.40. The Morgan fingerprint density at radius 2 is 1.83 bits per heavy atom. The van der Waals surface area contributed by atoms with Crippen LogP contribution in [0.25, 0.3) is 0 Å². The molecule has 1 aromatic carbocycles. The summed E-state index contributed by atoms with van der Waals surface area (Å²) < 4.78 is 7.06. The SMILES string of the molecule is COc1c(Br)cc(O)c(Br)c1Br. The second-order valence-electron chi connectivity index (χ2n) is 2.04. The van der Waals surface area contributed by atoms with E-state index < -0.39 is 0 Å². The summed E-state index contributed by atoms with van der Waals surface area (Å²) in [6.45, 7) is 0. The topological polar surface area (TPSA) is 29.5 Å². The molecule has 5 heteroatoms. The van der Waals surface area contributed by atoms with Crippen LogP contribution < -0.4 is 4.74 Å². The highest BCUT2D eigenvalue weighted by Crippen LogP contribution is 2.43. The molecule has 1 rings (SSSR count). The van der Waals surface area contributed by atoms with Gasteiger partial charge in [0.2, 0.25) is 0 Å². The highest BCUT2D eigenvalue weighted by Gasteiger charge is 2.12. The molecule has 0 radical (unpaired) electrons. The fourth-order valence-electron chi connectivity index (χ4n) is 0.753. The number of hydrogen-bond acceptors (Lipinski definition) is 2. The van der Waals surface area contributed by atoms with E-state index in [9.17, 15) is 5.11 Å². The van der Waals surface area contributed by atoms with Gasteiger partial charge in [-0.05, 0) is 53.9 Å². The summed E-state index contributed by atoms with van der Waals surface area (Å²) in [5.41, 5.74) is 0. The third-order valence-electron chi connectivity index (χ3n) is 1.30. The van der Waals surface area contributed by atoms with Gasteiger partial charge in [-0.1, -0.05) is 0 Å². The molecule has 66 valence electrons. The number of benzene rings is 1. The van der Waals surface area contributed by atoms with Crippen molar-refractivity contribution in [3.63, 3.8) is 0 Å². The normalized spacial score (nSPS) is 10.0. The summed E-state index contributed by atoms with van der Waals surface area (Å²) in [7, 11) is 1.56. The van der Waals surface area contributed by atoms with Crippen LogP contribution in [0.1, 0.15) is 0 Å². The van der Waals surface area contributed by atoms with Gasteiger partial charge in [0.15, 0.2) is 0 Å². The van der Waals surface area contributed by atoms with Gasteiger partial charge in [-0.25, -0.2) is 0 Å². The number of methoxy groups -OCH3 is 1. The van der Waals surface area contributed by atoms with Crippen molar-refractivity contribution in [1.82, 2.24) is 0 Å². The van der Waals surface area contributed by atoms with Gasteiger partial charge in [-0.15, -0.1) is 0 Å². The lowest BCUT2D eigenvalue weighted by Crippen LogP contribution is -1.87. The van der Waals surface area contributed by atoms with Crippen LogP contribution in [-0.4, -0.2) is 12.2 Å². The molecule has 0 amide bonds. The molecule has 0 atom stereocenters. The van der Waals surface area contributed by atoms with Gasteiger partial charge in [0.25, 0.3) is 0 Å². The van der Waals surface area contributed by atoms with Crippen LogP contribution >= 0.6 is 47.8 Å². The molecule has 0 unspecified atom stereocenters. The molecule has 0 aliphatic rings. The molecular formula is C7H5Br3O2. The Labute approximate surface area is 95.3 Å². The zero-order valence-electron chi connectivity index (χ0n) is 6.07. The molecule has 0 fully saturated rings. The van der Waals surface area contributed by atoms with Crippen molar-refractivity contribution in [2.75, 3.05) is 7.11 Å². The summed E-state index contributed by atoms with van der Waals surface area (Å²) in [6, 6.07) is 1.56. The smallest absolute Gasteiger partial charge is 0.148 e. The number of phenolic OH excluding ortho intramolecular Hbond substituents is 1. The monoisotopic (exact) mass is 358 g/mol. The maximum atomic E-state index is 9.34. The first-order valence-corrected chi connectivity index (χ1v) is 5.36. The Morgan fingerprint density at radius 3 is 2.33 bits per heavy atom. The van der Waals surface area contributed by atoms with Crippen molar-refractivity contribution in [2.45, 2.75) is 0 Å². The predicted octanol–water partition coefficient (Wildman–Crippen LogP) is 3.69. The van der Waals surface area contributed by atoms with Crippen molar-refractivity contribution in [1.29, 1.82) is 0 Å². The zero-order chi connectivity index (χ0) is 9.30. The highest BCUT2D eigenvalue weighted by atomic mass is 79.9. The average Bonchev–Trinajstić information content (AvgIpc) is 2.01. The highest BCUT2D eigenvalue weighted by molar-refractivity contribution is 9.13. The molecule has 0 aliphatic carbocycles. The lowest BCUT2D eigenvalue weighted by atomic mass is 10.3. The van der Waals surface area contributed by atoms with Crippen molar-refractivity contribution in [3.05, 3.63) is 19.5 Å². The van der Waals surface area contributed by atoms with Crippen molar-refractivity contribution >= 4 is 47.8 Å². The lowest BCUT2D eigenvalue weighted by Gasteiger charge is -2.08. The van der Waals surface area contributed by atoms with Crippen molar-refractivity contribution in [2.24, 2.45) is 0 Å². The molecule has 1 aromatic rings. The molecule has 1 N–H and O–H groups in total. The molecule has 0 bridgehead atoms. The number of rotatable bonds is 1. The van der Waals surface area contributed by atoms with Crippen molar-refractivity contribution < 1.29 is 9.84 Å². The van der Waals surface area contributed by atoms with Gasteiger partial charge in [0, 0.05) is 0 Å². The van der Waals surface area contributed by atoms with E-state index in [1.807, 2.05) is 0 Å². The minimum Gasteiger partial charge on any atom is -0.507 e. The van der Waals surface area contributed by atoms with Gasteiger partial charge in [-0.3, -0.25) is 0 Å². The Bertz CT molecular complexity index is 312. The van der Waals surface area contributed by atoms with Crippen LogP contribution in [0.5, 0.6) is 11.5 Å². The number of ether oxygens (including phenoxy) is 1. The second-order valence-corrected chi connectivity index (χ2v) is 4.48. The average molecular weight is 361 g/mol. The van der Waals surface area contributed by atoms with Crippen LogP contribution in [0.4, 0.5) is 0 Å². The summed E-state index contributed by atoms with van der Waals surface area (Å²) >= 11 is 9.74. The minimum absolute atomic E-state index is 0.162. The zero-order valence-corrected chi connectivity index (χ0v) is 10.8. The standard InChI is InChI=1S/C7H5Br3O2/c1-12-7-3(8)2-4(11)5(9)6(7)10/h2,11H,1H3. The van der Waals surface area contributed by atoms with E-state index in [0.29, 0.717) is 19.2 Å². The molecular weight excluding hydrogens is 356 g/mol. The summed E-state index contributed by atoms with van der Waals surface area (Å²) in [6.07, 6.45) is 0. The van der Waals surface area contributed by atoms with Gasteiger partial charge in [0.05, 0.1) is 20.5 Å². The maximum Gasteiger partial charge on any atom is 0.148 e. The van der Waals surface area contributed by atoms with Gasteiger partial charge in [0.1, 0.15) is 11.5 Å². The lowest BCUT2D eigenvalue weighted by molar-refractivity contribution is 0.405. The first-order chi connectivity index (χ1) is 5.57. The third kappa shape index (κ3) is 1.78. The first kappa shape index (κ1) is 10.3. The fraction of sp³-hybridized carbons (Fsp3) is 0.143. The molecule has 2 nitrogen and oxygen atoms in total. The summed E-state index contributed by atoms with van der Waals surface area (Å²) in [5.74, 6) is 0.814. The van der Waals surface area contributed by atoms with Crippen LogP contribution in [0.2, 0.25) is 0 Å². The third-order valence-corrected chi connectivity index (χ3v) is 3.98. The van der Waals surface area contributed by atoms with Crippen LogP contribution in [0.15, 0.2) is 19.5 Å². The number of halogens is 3. The largest absolute Gasteiger partial charge is 0.507 e. The molecule has 0 saturated heterocycles. The second kappa shape index (κ2) is 3.98. The van der Waals surface area contributed by atoms with E-state index in [1.54, 1.807) is 13.2 Å². The fourth-order valence-corrected chi connectivity index (χ4v) is 2.47. The van der Waals surface area contributed by atoms with E-state index >= 15 is 0 Å². The molecule has 0 saturated carbocycles. The molecule has 12 heavy (non-hydrogen) atoms. The van der Waals surface area contributed by atoms with Gasteiger partial charge in [-0.2, -0.15) is 0 Å². The van der Waals surface area contributed by atoms with Crippen LogP contribution in [0, 0.1) is 0 Å². The molecule has 0 aromatic heterocycles. The Hall–Kier alpha value is 0.260. The number of hydrogen-bond donors (Lipinski definition) is 1. The number of phenols is 1. The van der Waals surface area contributed by atoms with Crippen LogP contribution in [0.3, 0.4) is 0 Å². The van der Waals surface area contributed by atoms with Crippen LogP contribution in [-0.2, 0) is 0 Å². The Kier molecular flexibility index (Phi) is 3.43. The summed E-state index contributed by atoms with van der Waals surface area (Å²) in [4.78, 5) is 0. The van der Waals surface area contributed by atoms with E-state index in [1.165, 1.54) is 0 Å². The van der Waals surface area contributed by atoms with Crippen molar-refractivity contribution in [3.8, 4) is 11.5 Å². The van der Waals surface area contributed by atoms with Gasteiger partial charge >= 0.3 is 0 Å². The first-order valence-electron chi connectivity index (χ1n) is 2.98. The predicted molar refractivity (Wildman–Crippen MR) is 57.8 cm³/mol. The van der Waals surface area contributed by atoms with E-state index in [-0.39, 0.29) is 5.75 Å². The minimum atomic E-state index is 0.162. The maximum absolute atomic E-state index is 9.34. The van der Waals surface area contributed by atoms with E-state index in [0.717, 1.165) is 0 Å². The van der Waals surface area contributed by atoms with E-state index in [4.69, 9.17) is 4.74 Å². The number of aromatic hydroxyl groups is 1. The molecule has 0 heterocycles.